The molecule has 0 unspecified atom stereocenters. The van der Waals surface area contributed by atoms with Crippen molar-refractivity contribution in [3.8, 4) is 0 Å². The summed E-state index contributed by atoms with van der Waals surface area (Å²) in [6, 6.07) is 0. The van der Waals surface area contributed by atoms with E-state index < -0.39 is 5.95 Å². The molecule has 82 valence electrons. The van der Waals surface area contributed by atoms with Crippen molar-refractivity contribution in [1.82, 2.24) is 9.97 Å². The van der Waals surface area contributed by atoms with E-state index in [-0.39, 0.29) is 5.41 Å². The van der Waals surface area contributed by atoms with Crippen molar-refractivity contribution >= 4 is 15.9 Å². The van der Waals surface area contributed by atoms with Crippen LogP contribution in [-0.4, -0.2) is 9.97 Å². The molecule has 0 radical (unpaired) electrons. The van der Waals surface area contributed by atoms with Gasteiger partial charge in [0.15, 0.2) is 0 Å². The third kappa shape index (κ3) is 2.19. The first kappa shape index (κ1) is 11.0. The van der Waals surface area contributed by atoms with Crippen LogP contribution in [0.3, 0.4) is 0 Å². The molecule has 0 amide bonds. The van der Waals surface area contributed by atoms with Crippen LogP contribution in [0.4, 0.5) is 4.39 Å². The van der Waals surface area contributed by atoms with Crippen molar-refractivity contribution in [3.05, 3.63) is 22.4 Å². The van der Waals surface area contributed by atoms with E-state index in [2.05, 4.69) is 32.8 Å². The second-order valence-electron chi connectivity index (χ2n) is 4.45. The molecule has 0 aliphatic heterocycles. The first-order chi connectivity index (χ1) is 7.12. The number of halogens is 2. The van der Waals surface area contributed by atoms with Crippen LogP contribution in [0.25, 0.3) is 0 Å². The summed E-state index contributed by atoms with van der Waals surface area (Å²) in [6.45, 7) is 2.13. The normalized spacial score (nSPS) is 20.2. The number of rotatable bonds is 1. The Bertz CT molecular complexity index is 362. The molecule has 0 spiro atoms. The van der Waals surface area contributed by atoms with Crippen molar-refractivity contribution in [2.45, 2.75) is 44.4 Å². The quantitative estimate of drug-likeness (QED) is 0.730. The SMILES string of the molecule is CC1(c2ncc(Br)c(F)n2)CCCCC1. The highest BCUT2D eigenvalue weighted by Gasteiger charge is 2.32. The standard InChI is InChI=1S/C11H14BrFN2/c1-11(5-3-2-4-6-11)10-14-7-8(12)9(13)15-10/h7H,2-6H2,1H3. The van der Waals surface area contributed by atoms with Gasteiger partial charge < -0.3 is 0 Å². The van der Waals surface area contributed by atoms with Gasteiger partial charge in [-0.15, -0.1) is 0 Å². The van der Waals surface area contributed by atoms with Gasteiger partial charge in [-0.2, -0.15) is 4.39 Å². The molecular formula is C11H14BrFN2. The molecule has 0 N–H and O–H groups in total. The van der Waals surface area contributed by atoms with Crippen LogP contribution in [-0.2, 0) is 5.41 Å². The predicted molar refractivity (Wildman–Crippen MR) is 60.1 cm³/mol. The summed E-state index contributed by atoms with van der Waals surface area (Å²) >= 11 is 3.07. The maximum Gasteiger partial charge on any atom is 0.230 e. The summed E-state index contributed by atoms with van der Waals surface area (Å²) in [5.41, 5.74) is -0.0280. The topological polar surface area (TPSA) is 25.8 Å². The van der Waals surface area contributed by atoms with Gasteiger partial charge >= 0.3 is 0 Å². The van der Waals surface area contributed by atoms with Crippen molar-refractivity contribution in [2.24, 2.45) is 0 Å². The molecule has 1 aliphatic carbocycles. The Labute approximate surface area is 97.5 Å². The monoisotopic (exact) mass is 272 g/mol. The molecule has 1 fully saturated rings. The zero-order chi connectivity index (χ0) is 10.9. The molecule has 4 heteroatoms. The van der Waals surface area contributed by atoms with Gasteiger partial charge in [0.05, 0.1) is 4.47 Å². The first-order valence-electron chi connectivity index (χ1n) is 5.30. The minimum Gasteiger partial charge on any atom is -0.239 e. The Balaban J connectivity index is 2.31. The number of hydrogen-bond donors (Lipinski definition) is 0. The summed E-state index contributed by atoms with van der Waals surface area (Å²) in [6.07, 6.45) is 7.29. The molecule has 0 atom stereocenters. The fourth-order valence-corrected chi connectivity index (χ4v) is 2.38. The fraction of sp³-hybridized carbons (Fsp3) is 0.636. The zero-order valence-corrected chi connectivity index (χ0v) is 10.3. The molecule has 0 aromatic carbocycles. The molecule has 0 bridgehead atoms. The van der Waals surface area contributed by atoms with Crippen LogP contribution in [0.1, 0.15) is 44.9 Å². The summed E-state index contributed by atoms with van der Waals surface area (Å²) < 4.78 is 13.6. The van der Waals surface area contributed by atoms with E-state index in [1.54, 1.807) is 0 Å². The van der Waals surface area contributed by atoms with E-state index in [4.69, 9.17) is 0 Å². The number of nitrogens with zero attached hydrogens (tertiary/aromatic N) is 2. The fourth-order valence-electron chi connectivity index (χ4n) is 2.19. The molecule has 15 heavy (non-hydrogen) atoms. The van der Waals surface area contributed by atoms with E-state index in [0.29, 0.717) is 10.3 Å². The van der Waals surface area contributed by atoms with E-state index in [1.165, 1.54) is 25.5 Å². The molecular weight excluding hydrogens is 259 g/mol. The summed E-state index contributed by atoms with van der Waals surface area (Å²) in [4.78, 5) is 8.18. The molecule has 1 aromatic heterocycles. The van der Waals surface area contributed by atoms with Crippen LogP contribution in [0.2, 0.25) is 0 Å². The average molecular weight is 273 g/mol. The number of hydrogen-bond acceptors (Lipinski definition) is 2. The maximum absolute atomic E-state index is 13.3. The lowest BCUT2D eigenvalue weighted by atomic mass is 9.75. The maximum atomic E-state index is 13.3. The highest BCUT2D eigenvalue weighted by Crippen LogP contribution is 2.37. The minimum atomic E-state index is -0.452. The average Bonchev–Trinajstić information content (AvgIpc) is 2.23. The van der Waals surface area contributed by atoms with Crippen molar-refractivity contribution in [2.75, 3.05) is 0 Å². The van der Waals surface area contributed by atoms with E-state index >= 15 is 0 Å². The van der Waals surface area contributed by atoms with E-state index in [1.807, 2.05) is 0 Å². The molecule has 1 heterocycles. The van der Waals surface area contributed by atoms with Gasteiger partial charge in [-0.1, -0.05) is 26.2 Å². The Morgan fingerprint density at radius 2 is 2.00 bits per heavy atom. The van der Waals surface area contributed by atoms with Crippen molar-refractivity contribution in [3.63, 3.8) is 0 Å². The van der Waals surface area contributed by atoms with Crippen LogP contribution in [0, 0.1) is 5.95 Å². The van der Waals surface area contributed by atoms with Gasteiger partial charge in [0.1, 0.15) is 5.82 Å². The zero-order valence-electron chi connectivity index (χ0n) is 8.76. The minimum absolute atomic E-state index is 0.0280. The van der Waals surface area contributed by atoms with Crippen LogP contribution >= 0.6 is 15.9 Å². The Kier molecular flexibility index (Phi) is 3.05. The lowest BCUT2D eigenvalue weighted by Crippen LogP contribution is -2.28. The van der Waals surface area contributed by atoms with Crippen LogP contribution < -0.4 is 0 Å². The number of aromatic nitrogens is 2. The third-order valence-corrected chi connectivity index (χ3v) is 3.73. The van der Waals surface area contributed by atoms with Gasteiger partial charge in [0.25, 0.3) is 0 Å². The predicted octanol–water partition coefficient (Wildman–Crippen LogP) is 3.60. The lowest BCUT2D eigenvalue weighted by Gasteiger charge is -2.31. The van der Waals surface area contributed by atoms with Gasteiger partial charge in [0.2, 0.25) is 5.95 Å². The molecule has 2 rings (SSSR count). The van der Waals surface area contributed by atoms with Gasteiger partial charge in [-0.05, 0) is 28.8 Å². The van der Waals surface area contributed by atoms with Gasteiger partial charge in [-0.3, -0.25) is 0 Å². The molecule has 1 aromatic rings. The Morgan fingerprint density at radius 3 is 2.60 bits per heavy atom. The van der Waals surface area contributed by atoms with Crippen LogP contribution in [0.15, 0.2) is 10.7 Å². The molecule has 2 nitrogen and oxygen atoms in total. The first-order valence-corrected chi connectivity index (χ1v) is 6.10. The largest absolute Gasteiger partial charge is 0.239 e. The summed E-state index contributed by atoms with van der Waals surface area (Å²) in [7, 11) is 0. The second-order valence-corrected chi connectivity index (χ2v) is 5.31. The highest BCUT2D eigenvalue weighted by molar-refractivity contribution is 9.10. The Hall–Kier alpha value is -0.510. The smallest absolute Gasteiger partial charge is 0.230 e. The molecule has 0 saturated heterocycles. The third-order valence-electron chi connectivity index (χ3n) is 3.20. The Morgan fingerprint density at radius 1 is 1.33 bits per heavy atom. The van der Waals surface area contributed by atoms with Crippen LogP contribution in [0.5, 0.6) is 0 Å². The summed E-state index contributed by atoms with van der Waals surface area (Å²) in [5, 5.41) is 0. The van der Waals surface area contributed by atoms with E-state index in [0.717, 1.165) is 12.8 Å². The highest BCUT2D eigenvalue weighted by atomic mass is 79.9. The van der Waals surface area contributed by atoms with E-state index in [9.17, 15) is 4.39 Å². The van der Waals surface area contributed by atoms with Gasteiger partial charge in [0, 0.05) is 11.6 Å². The van der Waals surface area contributed by atoms with Crippen molar-refractivity contribution < 1.29 is 4.39 Å². The summed E-state index contributed by atoms with van der Waals surface area (Å²) in [5.74, 6) is 0.203. The molecule has 1 aliphatic rings. The molecule has 1 saturated carbocycles. The lowest BCUT2D eigenvalue weighted by molar-refractivity contribution is 0.300. The second kappa shape index (κ2) is 4.16. The van der Waals surface area contributed by atoms with Gasteiger partial charge in [-0.25, -0.2) is 9.97 Å². The van der Waals surface area contributed by atoms with Crippen molar-refractivity contribution in [1.29, 1.82) is 0 Å².